The Hall–Kier alpha value is -0.590. The third-order valence-corrected chi connectivity index (χ3v) is 3.06. The molecule has 0 spiro atoms. The molecule has 0 aromatic rings. The number of hydrogen-bond donors (Lipinski definition) is 1. The first kappa shape index (κ1) is 11.5. The summed E-state index contributed by atoms with van der Waals surface area (Å²) in [4.78, 5) is 2.45. The molecule has 3 heteroatoms. The van der Waals surface area contributed by atoms with Crippen LogP contribution < -0.4 is 5.32 Å². The normalized spacial score (nSPS) is 24.6. The first-order chi connectivity index (χ1) is 6.79. The maximum atomic E-state index is 8.69. The molecule has 1 aliphatic rings. The highest BCUT2D eigenvalue weighted by Crippen LogP contribution is 2.14. The second-order valence-corrected chi connectivity index (χ2v) is 4.04. The molecule has 0 amide bonds. The monoisotopic (exact) mass is 195 g/mol. The van der Waals surface area contributed by atoms with Crippen LogP contribution in [0.25, 0.3) is 0 Å². The lowest BCUT2D eigenvalue weighted by molar-refractivity contribution is 0.129. The molecule has 80 valence electrons. The standard InChI is InChI=1S/C11H21N3/c1-3-14(10(2)6-7-12)11-5-4-8-13-9-11/h10-11,13H,3-6,8-9H2,1-2H3. The number of nitriles is 1. The van der Waals surface area contributed by atoms with Crippen LogP contribution in [-0.2, 0) is 0 Å². The Morgan fingerprint density at radius 2 is 2.43 bits per heavy atom. The van der Waals surface area contributed by atoms with E-state index >= 15 is 0 Å². The fourth-order valence-corrected chi connectivity index (χ4v) is 2.30. The van der Waals surface area contributed by atoms with Crippen LogP contribution in [0.2, 0.25) is 0 Å². The van der Waals surface area contributed by atoms with Crippen molar-refractivity contribution in [1.29, 1.82) is 5.26 Å². The fraction of sp³-hybridized carbons (Fsp3) is 0.909. The molecule has 1 aliphatic heterocycles. The number of rotatable bonds is 4. The van der Waals surface area contributed by atoms with Gasteiger partial charge in [0, 0.05) is 18.6 Å². The molecule has 2 unspecified atom stereocenters. The van der Waals surface area contributed by atoms with Crippen molar-refractivity contribution in [3.8, 4) is 6.07 Å². The van der Waals surface area contributed by atoms with E-state index in [0.29, 0.717) is 18.5 Å². The first-order valence-electron chi connectivity index (χ1n) is 5.63. The van der Waals surface area contributed by atoms with Gasteiger partial charge in [-0.2, -0.15) is 5.26 Å². The lowest BCUT2D eigenvalue weighted by atomic mass is 10.0. The fourth-order valence-electron chi connectivity index (χ4n) is 2.30. The minimum atomic E-state index is 0.398. The highest BCUT2D eigenvalue weighted by molar-refractivity contribution is 4.85. The Morgan fingerprint density at radius 3 is 2.93 bits per heavy atom. The zero-order valence-corrected chi connectivity index (χ0v) is 9.29. The molecule has 3 nitrogen and oxygen atoms in total. The summed E-state index contributed by atoms with van der Waals surface area (Å²) in [5.41, 5.74) is 0. The van der Waals surface area contributed by atoms with Gasteiger partial charge in [0.15, 0.2) is 0 Å². The van der Waals surface area contributed by atoms with Crippen molar-refractivity contribution >= 4 is 0 Å². The Labute approximate surface area is 87.1 Å². The predicted octanol–water partition coefficient (Wildman–Crippen LogP) is 1.36. The minimum absolute atomic E-state index is 0.398. The van der Waals surface area contributed by atoms with E-state index in [1.807, 2.05) is 0 Å². The average Bonchev–Trinajstić information content (AvgIpc) is 2.21. The van der Waals surface area contributed by atoms with Gasteiger partial charge in [-0.25, -0.2) is 0 Å². The van der Waals surface area contributed by atoms with E-state index in [9.17, 15) is 0 Å². The molecule has 1 heterocycles. The lowest BCUT2D eigenvalue weighted by Crippen LogP contribution is -2.49. The van der Waals surface area contributed by atoms with Crippen LogP contribution in [0.4, 0.5) is 0 Å². The Morgan fingerprint density at radius 1 is 1.64 bits per heavy atom. The molecular weight excluding hydrogens is 174 g/mol. The van der Waals surface area contributed by atoms with Crippen LogP contribution in [0.1, 0.15) is 33.1 Å². The van der Waals surface area contributed by atoms with E-state index < -0.39 is 0 Å². The van der Waals surface area contributed by atoms with Gasteiger partial charge in [-0.1, -0.05) is 6.92 Å². The molecule has 14 heavy (non-hydrogen) atoms. The van der Waals surface area contributed by atoms with E-state index in [-0.39, 0.29) is 0 Å². The smallest absolute Gasteiger partial charge is 0.0638 e. The SMILES string of the molecule is CCN(C(C)CC#N)C1CCCNC1. The van der Waals surface area contributed by atoms with E-state index in [1.54, 1.807) is 0 Å². The summed E-state index contributed by atoms with van der Waals surface area (Å²) in [5.74, 6) is 0. The molecule has 0 aromatic heterocycles. The topological polar surface area (TPSA) is 39.1 Å². The van der Waals surface area contributed by atoms with Crippen molar-refractivity contribution in [3.05, 3.63) is 0 Å². The predicted molar refractivity (Wildman–Crippen MR) is 58.0 cm³/mol. The van der Waals surface area contributed by atoms with E-state index in [4.69, 9.17) is 5.26 Å². The molecule has 1 fully saturated rings. The zero-order chi connectivity index (χ0) is 10.4. The summed E-state index contributed by atoms with van der Waals surface area (Å²) < 4.78 is 0. The third kappa shape index (κ3) is 2.97. The quantitative estimate of drug-likeness (QED) is 0.736. The van der Waals surface area contributed by atoms with Crippen LogP contribution in [0, 0.1) is 11.3 Å². The number of nitrogens with zero attached hydrogens (tertiary/aromatic N) is 2. The van der Waals surface area contributed by atoms with Crippen molar-refractivity contribution in [2.75, 3.05) is 19.6 Å². The zero-order valence-electron chi connectivity index (χ0n) is 9.29. The van der Waals surface area contributed by atoms with Crippen LogP contribution in [0.5, 0.6) is 0 Å². The summed E-state index contributed by atoms with van der Waals surface area (Å²) >= 11 is 0. The molecule has 0 saturated carbocycles. The lowest BCUT2D eigenvalue weighted by Gasteiger charge is -2.37. The van der Waals surface area contributed by atoms with Gasteiger partial charge >= 0.3 is 0 Å². The summed E-state index contributed by atoms with van der Waals surface area (Å²) in [6, 6.07) is 3.29. The number of likely N-dealkylation sites (N-methyl/N-ethyl adjacent to an activating group) is 1. The maximum Gasteiger partial charge on any atom is 0.0638 e. The van der Waals surface area contributed by atoms with Crippen LogP contribution >= 0.6 is 0 Å². The summed E-state index contributed by atoms with van der Waals surface area (Å²) in [5, 5.41) is 12.1. The molecule has 2 atom stereocenters. The second-order valence-electron chi connectivity index (χ2n) is 4.04. The van der Waals surface area contributed by atoms with Crippen molar-refractivity contribution in [1.82, 2.24) is 10.2 Å². The van der Waals surface area contributed by atoms with E-state index in [0.717, 1.165) is 19.6 Å². The van der Waals surface area contributed by atoms with Crippen molar-refractivity contribution in [3.63, 3.8) is 0 Å². The van der Waals surface area contributed by atoms with Gasteiger partial charge in [-0.3, -0.25) is 4.90 Å². The van der Waals surface area contributed by atoms with Crippen molar-refractivity contribution in [2.45, 2.75) is 45.2 Å². The summed E-state index contributed by atoms with van der Waals surface area (Å²) in [6.07, 6.45) is 3.18. The molecule has 1 saturated heterocycles. The van der Waals surface area contributed by atoms with Crippen molar-refractivity contribution < 1.29 is 0 Å². The number of hydrogen-bond acceptors (Lipinski definition) is 3. The number of nitrogens with one attached hydrogen (secondary N) is 1. The molecule has 0 aromatic carbocycles. The minimum Gasteiger partial charge on any atom is -0.315 e. The van der Waals surface area contributed by atoms with Gasteiger partial charge in [-0.15, -0.1) is 0 Å². The van der Waals surface area contributed by atoms with Gasteiger partial charge in [0.2, 0.25) is 0 Å². The average molecular weight is 195 g/mol. The van der Waals surface area contributed by atoms with Gasteiger partial charge in [0.25, 0.3) is 0 Å². The van der Waals surface area contributed by atoms with Crippen LogP contribution in [-0.4, -0.2) is 36.6 Å². The second kappa shape index (κ2) is 6.00. The van der Waals surface area contributed by atoms with E-state index in [2.05, 4.69) is 30.1 Å². The summed E-state index contributed by atoms with van der Waals surface area (Å²) in [7, 11) is 0. The van der Waals surface area contributed by atoms with E-state index in [1.165, 1.54) is 12.8 Å². The van der Waals surface area contributed by atoms with Gasteiger partial charge in [-0.05, 0) is 32.9 Å². The Balaban J connectivity index is 2.47. The molecular formula is C11H21N3. The Kier molecular flexibility index (Phi) is 4.92. The van der Waals surface area contributed by atoms with Gasteiger partial charge in [0.05, 0.1) is 12.5 Å². The largest absolute Gasteiger partial charge is 0.315 e. The molecule has 0 aliphatic carbocycles. The number of piperidine rings is 1. The highest BCUT2D eigenvalue weighted by Gasteiger charge is 2.23. The molecule has 0 radical (unpaired) electrons. The van der Waals surface area contributed by atoms with Crippen molar-refractivity contribution in [2.24, 2.45) is 0 Å². The Bertz CT molecular complexity index is 191. The molecule has 0 bridgehead atoms. The van der Waals surface area contributed by atoms with Crippen LogP contribution in [0.3, 0.4) is 0 Å². The third-order valence-electron chi connectivity index (χ3n) is 3.06. The van der Waals surface area contributed by atoms with Crippen LogP contribution in [0.15, 0.2) is 0 Å². The van der Waals surface area contributed by atoms with Gasteiger partial charge in [0.1, 0.15) is 0 Å². The first-order valence-corrected chi connectivity index (χ1v) is 5.63. The van der Waals surface area contributed by atoms with Gasteiger partial charge < -0.3 is 5.32 Å². The highest BCUT2D eigenvalue weighted by atomic mass is 15.2. The molecule has 1 N–H and O–H groups in total. The maximum absolute atomic E-state index is 8.69. The summed E-state index contributed by atoms with van der Waals surface area (Å²) in [6.45, 7) is 7.63. The molecule has 1 rings (SSSR count).